The third-order valence-corrected chi connectivity index (χ3v) is 12.1. The molecule has 0 radical (unpaired) electrons. The first-order valence-electron chi connectivity index (χ1n) is 21.3. The standard InChI is InChI=1S/C58H55NO/c1-56(2,3)41-29-31-52(49(36-41)38-19-11-10-12-20-38)59(44-30-32-54-50(37-44)47-24-14-16-28-53(47)60-54)51-27-15-13-23-46(51)48-26-18-22-39-21-17-25-45(55(39)48)40-33-42(57(4,5)6)35-43(34-40)58(7,8)9/h10-37H,1-9H3. The largest absolute Gasteiger partial charge is 0.456 e. The lowest BCUT2D eigenvalue weighted by atomic mass is 9.78. The highest BCUT2D eigenvalue weighted by Gasteiger charge is 2.26. The van der Waals surface area contributed by atoms with Crippen LogP contribution in [0.15, 0.2) is 174 Å². The minimum Gasteiger partial charge on any atom is -0.456 e. The van der Waals surface area contributed by atoms with E-state index in [1.165, 1.54) is 55.3 Å². The van der Waals surface area contributed by atoms with Crippen molar-refractivity contribution in [2.75, 3.05) is 4.90 Å². The van der Waals surface area contributed by atoms with Crippen molar-refractivity contribution in [3.63, 3.8) is 0 Å². The molecule has 1 heterocycles. The van der Waals surface area contributed by atoms with Crippen LogP contribution in [-0.4, -0.2) is 0 Å². The predicted molar refractivity (Wildman–Crippen MR) is 258 cm³/mol. The Morgan fingerprint density at radius 2 is 0.950 bits per heavy atom. The van der Waals surface area contributed by atoms with E-state index in [1.54, 1.807) is 0 Å². The fraction of sp³-hybridized carbons (Fsp3) is 0.207. The molecule has 0 N–H and O–H groups in total. The van der Waals surface area contributed by atoms with E-state index in [0.29, 0.717) is 0 Å². The van der Waals surface area contributed by atoms with Gasteiger partial charge in [0.15, 0.2) is 0 Å². The molecule has 2 nitrogen and oxygen atoms in total. The Morgan fingerprint density at radius 1 is 0.367 bits per heavy atom. The number of anilines is 3. The van der Waals surface area contributed by atoms with Gasteiger partial charge >= 0.3 is 0 Å². The Kier molecular flexibility index (Phi) is 9.59. The summed E-state index contributed by atoms with van der Waals surface area (Å²) in [6.07, 6.45) is 0. The lowest BCUT2D eigenvalue weighted by molar-refractivity contribution is 0.569. The van der Waals surface area contributed by atoms with Crippen molar-refractivity contribution >= 4 is 49.8 Å². The highest BCUT2D eigenvalue weighted by atomic mass is 16.3. The van der Waals surface area contributed by atoms with Crippen LogP contribution in [0.2, 0.25) is 0 Å². The van der Waals surface area contributed by atoms with E-state index in [0.717, 1.165) is 44.6 Å². The van der Waals surface area contributed by atoms with E-state index in [1.807, 2.05) is 6.07 Å². The molecule has 1 aromatic heterocycles. The van der Waals surface area contributed by atoms with Gasteiger partial charge < -0.3 is 9.32 Å². The van der Waals surface area contributed by atoms with Gasteiger partial charge in [0.25, 0.3) is 0 Å². The number of nitrogens with zero attached hydrogens (tertiary/aromatic N) is 1. The van der Waals surface area contributed by atoms with Crippen LogP contribution < -0.4 is 4.90 Å². The molecule has 298 valence electrons. The van der Waals surface area contributed by atoms with Gasteiger partial charge in [0.1, 0.15) is 11.2 Å². The van der Waals surface area contributed by atoms with E-state index < -0.39 is 0 Å². The van der Waals surface area contributed by atoms with Crippen LogP contribution in [0.4, 0.5) is 17.1 Å². The second-order valence-electron chi connectivity index (χ2n) is 19.5. The zero-order valence-corrected chi connectivity index (χ0v) is 36.5. The fourth-order valence-electron chi connectivity index (χ4n) is 8.66. The molecule has 0 aliphatic carbocycles. The maximum atomic E-state index is 6.38. The molecular formula is C58H55NO. The predicted octanol–water partition coefficient (Wildman–Crippen LogP) is 17.1. The minimum absolute atomic E-state index is 0.00304. The van der Waals surface area contributed by atoms with Crippen molar-refractivity contribution in [1.82, 2.24) is 0 Å². The Labute approximate surface area is 356 Å². The van der Waals surface area contributed by atoms with Crippen LogP contribution in [0, 0.1) is 0 Å². The van der Waals surface area contributed by atoms with Crippen LogP contribution in [0.3, 0.4) is 0 Å². The van der Waals surface area contributed by atoms with Gasteiger partial charge in [-0.15, -0.1) is 0 Å². The van der Waals surface area contributed by atoms with Crippen molar-refractivity contribution in [2.24, 2.45) is 0 Å². The molecule has 0 aliphatic heterocycles. The first-order chi connectivity index (χ1) is 28.6. The number of hydrogen-bond donors (Lipinski definition) is 0. The average Bonchev–Trinajstić information content (AvgIpc) is 3.61. The summed E-state index contributed by atoms with van der Waals surface area (Å²) in [6.45, 7) is 20.8. The summed E-state index contributed by atoms with van der Waals surface area (Å²) >= 11 is 0. The van der Waals surface area contributed by atoms with Gasteiger partial charge in [-0.25, -0.2) is 0 Å². The number of para-hydroxylation sites is 2. The highest BCUT2D eigenvalue weighted by Crippen LogP contribution is 2.49. The number of hydrogen-bond acceptors (Lipinski definition) is 2. The summed E-state index contributed by atoms with van der Waals surface area (Å²) in [7, 11) is 0. The maximum Gasteiger partial charge on any atom is 0.135 e. The van der Waals surface area contributed by atoms with E-state index >= 15 is 0 Å². The Bertz CT molecular complexity index is 3000. The lowest BCUT2D eigenvalue weighted by Gasteiger charge is -2.31. The molecule has 8 aromatic carbocycles. The summed E-state index contributed by atoms with van der Waals surface area (Å²) in [5.41, 5.74) is 16.2. The molecule has 0 saturated heterocycles. The number of furan rings is 1. The van der Waals surface area contributed by atoms with Crippen LogP contribution in [0.1, 0.15) is 79.0 Å². The quantitative estimate of drug-likeness (QED) is 0.167. The third kappa shape index (κ3) is 7.19. The molecule has 0 bridgehead atoms. The van der Waals surface area contributed by atoms with Crippen molar-refractivity contribution in [1.29, 1.82) is 0 Å². The first kappa shape index (κ1) is 39.1. The van der Waals surface area contributed by atoms with Crippen LogP contribution in [-0.2, 0) is 16.2 Å². The fourth-order valence-corrected chi connectivity index (χ4v) is 8.66. The zero-order chi connectivity index (χ0) is 42.0. The highest BCUT2D eigenvalue weighted by molar-refractivity contribution is 6.10. The molecule has 0 atom stereocenters. The minimum atomic E-state index is -0.0318. The molecular weight excluding hydrogens is 727 g/mol. The third-order valence-electron chi connectivity index (χ3n) is 12.1. The summed E-state index contributed by atoms with van der Waals surface area (Å²) in [6, 6.07) is 62.7. The smallest absolute Gasteiger partial charge is 0.135 e. The molecule has 60 heavy (non-hydrogen) atoms. The Hall–Kier alpha value is -6.38. The van der Waals surface area contributed by atoms with Gasteiger partial charge in [-0.05, 0) is 108 Å². The second kappa shape index (κ2) is 14.7. The maximum absolute atomic E-state index is 6.38. The zero-order valence-electron chi connectivity index (χ0n) is 36.5. The van der Waals surface area contributed by atoms with E-state index in [4.69, 9.17) is 4.42 Å². The molecule has 0 fully saturated rings. The first-order valence-corrected chi connectivity index (χ1v) is 21.3. The summed E-state index contributed by atoms with van der Waals surface area (Å²) in [5, 5.41) is 4.68. The van der Waals surface area contributed by atoms with Gasteiger partial charge in [0.2, 0.25) is 0 Å². The number of benzene rings is 8. The lowest BCUT2D eigenvalue weighted by Crippen LogP contribution is -2.16. The average molecular weight is 782 g/mol. The van der Waals surface area contributed by atoms with Crippen molar-refractivity contribution < 1.29 is 4.42 Å². The second-order valence-corrected chi connectivity index (χ2v) is 19.5. The van der Waals surface area contributed by atoms with Crippen molar-refractivity contribution in [3.8, 4) is 33.4 Å². The van der Waals surface area contributed by atoms with E-state index in [-0.39, 0.29) is 16.2 Å². The normalized spacial score (nSPS) is 12.4. The van der Waals surface area contributed by atoms with E-state index in [2.05, 4.69) is 231 Å². The van der Waals surface area contributed by atoms with Gasteiger partial charge in [-0.3, -0.25) is 0 Å². The van der Waals surface area contributed by atoms with Gasteiger partial charge in [0, 0.05) is 27.6 Å². The molecule has 0 aliphatic rings. The van der Waals surface area contributed by atoms with Crippen molar-refractivity contribution in [3.05, 3.63) is 187 Å². The Morgan fingerprint density at radius 3 is 1.65 bits per heavy atom. The topological polar surface area (TPSA) is 16.4 Å². The van der Waals surface area contributed by atoms with Crippen LogP contribution >= 0.6 is 0 Å². The summed E-state index contributed by atoms with van der Waals surface area (Å²) in [4.78, 5) is 2.48. The summed E-state index contributed by atoms with van der Waals surface area (Å²) in [5.74, 6) is 0. The molecule has 0 amide bonds. The van der Waals surface area contributed by atoms with Crippen molar-refractivity contribution in [2.45, 2.75) is 78.6 Å². The molecule has 0 unspecified atom stereocenters. The molecule has 9 aromatic rings. The summed E-state index contributed by atoms with van der Waals surface area (Å²) < 4.78 is 6.38. The van der Waals surface area contributed by atoms with Crippen LogP contribution in [0.25, 0.3) is 66.1 Å². The van der Waals surface area contributed by atoms with E-state index in [9.17, 15) is 0 Å². The van der Waals surface area contributed by atoms with Gasteiger partial charge in [-0.2, -0.15) is 0 Å². The van der Waals surface area contributed by atoms with Crippen LogP contribution in [0.5, 0.6) is 0 Å². The molecule has 0 saturated carbocycles. The molecule has 0 spiro atoms. The Balaban J connectivity index is 1.35. The number of fused-ring (bicyclic) bond motifs is 4. The molecule has 2 heteroatoms. The SMILES string of the molecule is CC(C)(C)c1cc(-c2cccc3cccc(-c4ccccc4N(c4ccc5oc6ccccc6c5c4)c4ccc(C(C)(C)C)cc4-c4ccccc4)c23)cc(C(C)(C)C)c1. The van der Waals surface area contributed by atoms with Gasteiger partial charge in [0.05, 0.1) is 11.4 Å². The monoisotopic (exact) mass is 781 g/mol. The van der Waals surface area contributed by atoms with Gasteiger partial charge in [-0.1, -0.05) is 190 Å². The molecule has 9 rings (SSSR count). The number of rotatable bonds is 6.